The SMILES string of the molecule is CNc1c2n(c3ccccc13)CCCC2. The van der Waals surface area contributed by atoms with Gasteiger partial charge >= 0.3 is 0 Å². The highest BCUT2D eigenvalue weighted by molar-refractivity contribution is 5.95. The Kier molecular flexibility index (Phi) is 1.94. The van der Waals surface area contributed by atoms with E-state index in [0.717, 1.165) is 0 Å². The summed E-state index contributed by atoms with van der Waals surface area (Å²) in [6.07, 6.45) is 3.85. The second-order valence-electron chi connectivity index (χ2n) is 4.20. The van der Waals surface area contributed by atoms with E-state index < -0.39 is 0 Å². The van der Waals surface area contributed by atoms with Gasteiger partial charge in [0, 0.05) is 24.7 Å². The smallest absolute Gasteiger partial charge is 0.0630 e. The van der Waals surface area contributed by atoms with Crippen molar-refractivity contribution in [1.29, 1.82) is 0 Å². The number of aryl methyl sites for hydroxylation is 1. The molecule has 0 amide bonds. The summed E-state index contributed by atoms with van der Waals surface area (Å²) in [5.41, 5.74) is 4.21. The number of nitrogens with zero attached hydrogens (tertiary/aromatic N) is 1. The van der Waals surface area contributed by atoms with Crippen molar-refractivity contribution in [2.45, 2.75) is 25.8 Å². The molecule has 0 radical (unpaired) electrons. The van der Waals surface area contributed by atoms with E-state index in [1.54, 1.807) is 0 Å². The van der Waals surface area contributed by atoms with Gasteiger partial charge in [0.1, 0.15) is 0 Å². The number of rotatable bonds is 1. The molecular formula is C13H16N2. The van der Waals surface area contributed by atoms with Crippen molar-refractivity contribution < 1.29 is 0 Å². The highest BCUT2D eigenvalue weighted by atomic mass is 15.0. The molecule has 2 aromatic rings. The largest absolute Gasteiger partial charge is 0.386 e. The molecule has 1 aromatic carbocycles. The molecule has 0 spiro atoms. The van der Waals surface area contributed by atoms with Gasteiger partial charge in [0.2, 0.25) is 0 Å². The van der Waals surface area contributed by atoms with Crippen LogP contribution in [0.1, 0.15) is 18.5 Å². The third kappa shape index (κ3) is 1.17. The zero-order chi connectivity index (χ0) is 10.3. The Morgan fingerprint density at radius 3 is 2.93 bits per heavy atom. The molecule has 0 saturated carbocycles. The lowest BCUT2D eigenvalue weighted by Gasteiger charge is -2.16. The summed E-state index contributed by atoms with van der Waals surface area (Å²) >= 11 is 0. The normalized spacial score (nSPS) is 15.3. The van der Waals surface area contributed by atoms with Gasteiger partial charge in [-0.3, -0.25) is 0 Å². The Morgan fingerprint density at radius 2 is 2.07 bits per heavy atom. The van der Waals surface area contributed by atoms with Crippen LogP contribution in [0.3, 0.4) is 0 Å². The number of benzene rings is 1. The van der Waals surface area contributed by atoms with E-state index in [1.807, 2.05) is 7.05 Å². The van der Waals surface area contributed by atoms with Crippen LogP contribution in [-0.4, -0.2) is 11.6 Å². The second-order valence-corrected chi connectivity index (χ2v) is 4.20. The lowest BCUT2D eigenvalue weighted by Crippen LogP contribution is -2.10. The Balaban J connectivity index is 2.37. The highest BCUT2D eigenvalue weighted by Gasteiger charge is 2.17. The fourth-order valence-electron chi connectivity index (χ4n) is 2.71. The molecule has 0 fully saturated rings. The van der Waals surface area contributed by atoms with E-state index in [0.29, 0.717) is 0 Å². The lowest BCUT2D eigenvalue weighted by molar-refractivity contribution is 0.546. The number of nitrogens with one attached hydrogen (secondary N) is 1. The molecule has 0 aliphatic carbocycles. The van der Waals surface area contributed by atoms with Crippen LogP contribution in [0.4, 0.5) is 5.69 Å². The first-order chi connectivity index (χ1) is 7.42. The quantitative estimate of drug-likeness (QED) is 0.748. The maximum Gasteiger partial charge on any atom is 0.0630 e. The molecular weight excluding hydrogens is 184 g/mol. The third-order valence-electron chi connectivity index (χ3n) is 3.37. The van der Waals surface area contributed by atoms with E-state index in [-0.39, 0.29) is 0 Å². The summed E-state index contributed by atoms with van der Waals surface area (Å²) in [6.45, 7) is 1.18. The number of aromatic nitrogens is 1. The predicted octanol–water partition coefficient (Wildman–Crippen LogP) is 3.02. The third-order valence-corrected chi connectivity index (χ3v) is 3.37. The van der Waals surface area contributed by atoms with Crippen LogP contribution in [0.25, 0.3) is 10.9 Å². The number of hydrogen-bond acceptors (Lipinski definition) is 1. The average molecular weight is 200 g/mol. The molecule has 0 bridgehead atoms. The van der Waals surface area contributed by atoms with Gasteiger partial charge in [-0.2, -0.15) is 0 Å². The van der Waals surface area contributed by atoms with Crippen LogP contribution in [0, 0.1) is 0 Å². The first kappa shape index (κ1) is 8.84. The highest BCUT2D eigenvalue weighted by Crippen LogP contribution is 2.34. The molecule has 2 heterocycles. The van der Waals surface area contributed by atoms with Crippen LogP contribution in [-0.2, 0) is 13.0 Å². The second kappa shape index (κ2) is 3.30. The molecule has 0 unspecified atom stereocenters. The van der Waals surface area contributed by atoms with E-state index in [4.69, 9.17) is 0 Å². The van der Waals surface area contributed by atoms with Crippen molar-refractivity contribution in [3.63, 3.8) is 0 Å². The van der Waals surface area contributed by atoms with Crippen molar-refractivity contribution in [2.75, 3.05) is 12.4 Å². The van der Waals surface area contributed by atoms with E-state index in [9.17, 15) is 0 Å². The minimum atomic E-state index is 1.18. The van der Waals surface area contributed by atoms with Gasteiger partial charge in [0.25, 0.3) is 0 Å². The molecule has 78 valence electrons. The Hall–Kier alpha value is -1.44. The first-order valence-electron chi connectivity index (χ1n) is 5.69. The van der Waals surface area contributed by atoms with Gasteiger partial charge in [-0.1, -0.05) is 18.2 Å². The summed E-state index contributed by atoms with van der Waals surface area (Å²) in [6, 6.07) is 8.69. The standard InChI is InChI=1S/C13H16N2/c1-14-13-10-6-2-3-7-11(10)15-9-5-4-8-12(13)15/h2-3,6-7,14H,4-5,8-9H2,1H3. The summed E-state index contributed by atoms with van der Waals surface area (Å²) < 4.78 is 2.48. The van der Waals surface area contributed by atoms with Gasteiger partial charge in [-0.05, 0) is 25.3 Å². The number of fused-ring (bicyclic) bond motifs is 3. The molecule has 3 rings (SSSR count). The van der Waals surface area contributed by atoms with Crippen LogP contribution in [0.5, 0.6) is 0 Å². The fourth-order valence-corrected chi connectivity index (χ4v) is 2.71. The molecule has 15 heavy (non-hydrogen) atoms. The van der Waals surface area contributed by atoms with Crippen LogP contribution in [0.15, 0.2) is 24.3 Å². The molecule has 0 saturated heterocycles. The lowest BCUT2D eigenvalue weighted by atomic mass is 10.1. The first-order valence-corrected chi connectivity index (χ1v) is 5.69. The van der Waals surface area contributed by atoms with Crippen molar-refractivity contribution in [3.05, 3.63) is 30.0 Å². The van der Waals surface area contributed by atoms with Crippen molar-refractivity contribution in [3.8, 4) is 0 Å². The summed E-state index contributed by atoms with van der Waals surface area (Å²) in [4.78, 5) is 0. The van der Waals surface area contributed by atoms with Gasteiger partial charge in [-0.25, -0.2) is 0 Å². The van der Waals surface area contributed by atoms with Crippen molar-refractivity contribution in [1.82, 2.24) is 4.57 Å². The molecule has 2 nitrogen and oxygen atoms in total. The monoisotopic (exact) mass is 200 g/mol. The minimum Gasteiger partial charge on any atom is -0.386 e. The zero-order valence-corrected chi connectivity index (χ0v) is 9.09. The zero-order valence-electron chi connectivity index (χ0n) is 9.09. The minimum absolute atomic E-state index is 1.18. The van der Waals surface area contributed by atoms with Gasteiger partial charge in [0.15, 0.2) is 0 Å². The fraction of sp³-hybridized carbons (Fsp3) is 0.385. The van der Waals surface area contributed by atoms with Crippen LogP contribution < -0.4 is 5.32 Å². The molecule has 1 aromatic heterocycles. The summed E-state index contributed by atoms with van der Waals surface area (Å²) in [5.74, 6) is 0. The molecule has 2 heteroatoms. The van der Waals surface area contributed by atoms with E-state index in [1.165, 1.54) is 48.1 Å². The van der Waals surface area contributed by atoms with Gasteiger partial charge in [0.05, 0.1) is 11.2 Å². The summed E-state index contributed by atoms with van der Waals surface area (Å²) in [7, 11) is 2.03. The number of hydrogen-bond donors (Lipinski definition) is 1. The maximum absolute atomic E-state index is 3.36. The van der Waals surface area contributed by atoms with Crippen LogP contribution in [0.2, 0.25) is 0 Å². The van der Waals surface area contributed by atoms with Crippen LogP contribution >= 0.6 is 0 Å². The van der Waals surface area contributed by atoms with E-state index >= 15 is 0 Å². The molecule has 0 atom stereocenters. The Labute approximate surface area is 89.9 Å². The van der Waals surface area contributed by atoms with Gasteiger partial charge in [-0.15, -0.1) is 0 Å². The molecule has 1 N–H and O–H groups in total. The maximum atomic E-state index is 3.36. The predicted molar refractivity (Wildman–Crippen MR) is 64.4 cm³/mol. The summed E-state index contributed by atoms with van der Waals surface area (Å²) in [5, 5.41) is 4.73. The topological polar surface area (TPSA) is 17.0 Å². The van der Waals surface area contributed by atoms with Crippen molar-refractivity contribution >= 4 is 16.6 Å². The van der Waals surface area contributed by atoms with E-state index in [2.05, 4.69) is 34.1 Å². The average Bonchev–Trinajstić information content (AvgIpc) is 2.63. The molecule has 1 aliphatic rings. The van der Waals surface area contributed by atoms with Crippen molar-refractivity contribution in [2.24, 2.45) is 0 Å². The Morgan fingerprint density at radius 1 is 1.20 bits per heavy atom. The Bertz CT molecular complexity index is 463. The number of para-hydroxylation sites is 1. The number of anilines is 1. The molecule has 1 aliphatic heterocycles. The van der Waals surface area contributed by atoms with Gasteiger partial charge < -0.3 is 9.88 Å².